The average molecular weight is 552 g/mol. The summed E-state index contributed by atoms with van der Waals surface area (Å²) in [6.07, 6.45) is 0.586. The summed E-state index contributed by atoms with van der Waals surface area (Å²) in [7, 11) is -3.77. The zero-order valence-electron chi connectivity index (χ0n) is 21.9. The number of rotatable bonds is 5. The maximum Gasteiger partial charge on any atom is 0.243 e. The molecule has 0 unspecified atom stereocenters. The van der Waals surface area contributed by atoms with Gasteiger partial charge in [-0.2, -0.15) is 4.31 Å². The third-order valence-corrected chi connectivity index (χ3v) is 9.95. The van der Waals surface area contributed by atoms with E-state index in [0.717, 1.165) is 18.7 Å². The number of piperazine rings is 1. The molecule has 0 bridgehead atoms. The minimum atomic E-state index is -3.77. The van der Waals surface area contributed by atoms with Gasteiger partial charge < -0.3 is 9.80 Å². The van der Waals surface area contributed by atoms with Crippen molar-refractivity contribution in [2.45, 2.75) is 31.1 Å². The molecule has 2 saturated heterocycles. The fourth-order valence-electron chi connectivity index (χ4n) is 5.73. The maximum absolute atomic E-state index is 14.0. The summed E-state index contributed by atoms with van der Waals surface area (Å²) in [6, 6.07) is 22.8. The van der Waals surface area contributed by atoms with Crippen LogP contribution in [0.1, 0.15) is 29.0 Å². The Morgan fingerprint density at radius 1 is 0.868 bits per heavy atom. The van der Waals surface area contributed by atoms with Crippen LogP contribution in [0, 0.1) is 19.8 Å². The van der Waals surface area contributed by atoms with Crippen LogP contribution in [0.25, 0.3) is 0 Å². The zero-order valence-corrected chi connectivity index (χ0v) is 23.5. The lowest BCUT2D eigenvalue weighted by atomic mass is 9.80. The molecule has 2 fully saturated rings. The number of carbonyl (C=O) groups is 1. The smallest absolute Gasteiger partial charge is 0.243 e. The Labute approximate surface area is 230 Å². The molecule has 2 heterocycles. The first-order valence-electron chi connectivity index (χ1n) is 13.2. The fraction of sp³-hybridized carbons (Fsp3) is 0.367. The van der Waals surface area contributed by atoms with Crippen molar-refractivity contribution in [2.24, 2.45) is 5.92 Å². The molecule has 3 aromatic carbocycles. The third kappa shape index (κ3) is 5.46. The summed E-state index contributed by atoms with van der Waals surface area (Å²) >= 11 is 6.10. The van der Waals surface area contributed by atoms with Gasteiger partial charge in [-0.25, -0.2) is 8.42 Å². The highest BCUT2D eigenvalue weighted by atomic mass is 35.5. The molecule has 38 heavy (non-hydrogen) atoms. The number of hydrogen-bond donors (Lipinski definition) is 0. The van der Waals surface area contributed by atoms with Gasteiger partial charge in [0.2, 0.25) is 15.9 Å². The number of benzene rings is 3. The van der Waals surface area contributed by atoms with Crippen LogP contribution in [0.3, 0.4) is 0 Å². The van der Waals surface area contributed by atoms with Crippen molar-refractivity contribution in [2.75, 3.05) is 44.2 Å². The molecular formula is C30H34ClN3O3S. The van der Waals surface area contributed by atoms with Crippen molar-refractivity contribution in [1.29, 1.82) is 0 Å². The van der Waals surface area contributed by atoms with Gasteiger partial charge >= 0.3 is 0 Å². The van der Waals surface area contributed by atoms with Crippen molar-refractivity contribution in [1.82, 2.24) is 9.21 Å². The number of nitrogens with zero attached hydrogens (tertiary/aromatic N) is 3. The molecule has 2 atom stereocenters. The van der Waals surface area contributed by atoms with Crippen LogP contribution in [0.15, 0.2) is 77.7 Å². The standard InChI is InChI=1S/C30H34ClN3O3S/c1-22-11-12-23(2)29(19-22)32-15-17-33(18-16-32)30(35)28-21-34(14-13-27(28)24-7-4-3-5-8-24)38(36,37)26-10-6-9-25(31)20-26/h3-12,19-20,27-28H,13-18,21H2,1-2H3/t27-,28-/m1/s1. The van der Waals surface area contributed by atoms with Crippen LogP contribution in [0.4, 0.5) is 5.69 Å². The van der Waals surface area contributed by atoms with Gasteiger partial charge in [0, 0.05) is 50.0 Å². The van der Waals surface area contributed by atoms with Crippen LogP contribution < -0.4 is 4.90 Å². The van der Waals surface area contributed by atoms with Crippen molar-refractivity contribution >= 4 is 33.2 Å². The molecule has 3 aromatic rings. The van der Waals surface area contributed by atoms with E-state index in [1.54, 1.807) is 18.2 Å². The quantitative estimate of drug-likeness (QED) is 0.442. The molecule has 200 valence electrons. The number of piperidine rings is 1. The van der Waals surface area contributed by atoms with Gasteiger partial charge in [0.1, 0.15) is 0 Å². The predicted molar refractivity (Wildman–Crippen MR) is 152 cm³/mol. The SMILES string of the molecule is Cc1ccc(C)c(N2CCN(C(=O)[C@@H]3CN(S(=O)(=O)c4cccc(Cl)c4)CC[C@@H]3c3ccccc3)CC2)c1. The van der Waals surface area contributed by atoms with Crippen LogP contribution in [0.2, 0.25) is 5.02 Å². The van der Waals surface area contributed by atoms with E-state index in [4.69, 9.17) is 11.6 Å². The van der Waals surface area contributed by atoms with E-state index in [9.17, 15) is 13.2 Å². The molecule has 2 aliphatic heterocycles. The first kappa shape index (κ1) is 26.7. The molecule has 0 aromatic heterocycles. The summed E-state index contributed by atoms with van der Waals surface area (Å²) in [5.41, 5.74) is 4.75. The van der Waals surface area contributed by atoms with Crippen molar-refractivity contribution in [3.05, 3.63) is 94.5 Å². The van der Waals surface area contributed by atoms with E-state index >= 15 is 0 Å². The summed E-state index contributed by atoms with van der Waals surface area (Å²) in [6.45, 7) is 7.47. The molecular weight excluding hydrogens is 518 g/mol. The highest BCUT2D eigenvalue weighted by Gasteiger charge is 2.41. The Bertz CT molecular complexity index is 1410. The largest absolute Gasteiger partial charge is 0.368 e. The fourth-order valence-corrected chi connectivity index (χ4v) is 7.51. The Hall–Kier alpha value is -2.87. The van der Waals surface area contributed by atoms with Crippen LogP contribution in [-0.4, -0.2) is 62.8 Å². The van der Waals surface area contributed by atoms with Gasteiger partial charge in [-0.15, -0.1) is 0 Å². The molecule has 0 aliphatic carbocycles. The van der Waals surface area contributed by atoms with E-state index in [0.29, 0.717) is 31.1 Å². The van der Waals surface area contributed by atoms with E-state index in [2.05, 4.69) is 36.9 Å². The van der Waals surface area contributed by atoms with Gasteiger partial charge in [0.15, 0.2) is 0 Å². The van der Waals surface area contributed by atoms with Crippen molar-refractivity contribution in [3.63, 3.8) is 0 Å². The highest BCUT2D eigenvalue weighted by Crippen LogP contribution is 2.37. The number of halogens is 1. The number of hydrogen-bond acceptors (Lipinski definition) is 4. The molecule has 6 nitrogen and oxygen atoms in total. The predicted octanol–water partition coefficient (Wildman–Crippen LogP) is 5.10. The number of aryl methyl sites for hydroxylation is 2. The monoisotopic (exact) mass is 551 g/mol. The van der Waals surface area contributed by atoms with E-state index < -0.39 is 15.9 Å². The topological polar surface area (TPSA) is 60.9 Å². The number of anilines is 1. The summed E-state index contributed by atoms with van der Waals surface area (Å²) < 4.78 is 28.5. The lowest BCUT2D eigenvalue weighted by Crippen LogP contribution is -2.54. The summed E-state index contributed by atoms with van der Waals surface area (Å²) in [5.74, 6) is -0.454. The van der Waals surface area contributed by atoms with Crippen LogP contribution >= 0.6 is 11.6 Å². The Balaban J connectivity index is 1.37. The minimum Gasteiger partial charge on any atom is -0.368 e. The minimum absolute atomic E-state index is 0.0328. The molecule has 0 saturated carbocycles. The second-order valence-electron chi connectivity index (χ2n) is 10.3. The normalized spacial score (nSPS) is 20.9. The summed E-state index contributed by atoms with van der Waals surface area (Å²) in [4.78, 5) is 18.5. The molecule has 1 amide bonds. The highest BCUT2D eigenvalue weighted by molar-refractivity contribution is 7.89. The molecule has 0 spiro atoms. The Morgan fingerprint density at radius 2 is 1.61 bits per heavy atom. The number of sulfonamides is 1. The molecule has 0 N–H and O–H groups in total. The van der Waals surface area contributed by atoms with Crippen LogP contribution in [-0.2, 0) is 14.8 Å². The second-order valence-corrected chi connectivity index (χ2v) is 12.7. The van der Waals surface area contributed by atoms with Gasteiger partial charge in [-0.1, -0.05) is 60.1 Å². The lowest BCUT2D eigenvalue weighted by Gasteiger charge is -2.42. The van der Waals surface area contributed by atoms with Gasteiger partial charge in [-0.3, -0.25) is 4.79 Å². The van der Waals surface area contributed by atoms with Crippen LogP contribution in [0.5, 0.6) is 0 Å². The van der Waals surface area contributed by atoms with E-state index in [1.807, 2.05) is 35.2 Å². The first-order valence-corrected chi connectivity index (χ1v) is 15.0. The Kier molecular flexibility index (Phi) is 7.80. The molecule has 2 aliphatic rings. The molecule has 0 radical (unpaired) electrons. The van der Waals surface area contributed by atoms with Gasteiger partial charge in [0.05, 0.1) is 10.8 Å². The van der Waals surface area contributed by atoms with Crippen molar-refractivity contribution in [3.8, 4) is 0 Å². The average Bonchev–Trinajstić information content (AvgIpc) is 2.94. The second kappa shape index (κ2) is 11.1. The third-order valence-electron chi connectivity index (χ3n) is 7.85. The summed E-state index contributed by atoms with van der Waals surface area (Å²) in [5, 5.41) is 0.375. The first-order chi connectivity index (χ1) is 18.2. The molecule has 8 heteroatoms. The molecule has 5 rings (SSSR count). The van der Waals surface area contributed by atoms with E-state index in [1.165, 1.54) is 27.2 Å². The van der Waals surface area contributed by atoms with Crippen molar-refractivity contribution < 1.29 is 13.2 Å². The van der Waals surface area contributed by atoms with E-state index in [-0.39, 0.29) is 23.3 Å². The lowest BCUT2D eigenvalue weighted by molar-refractivity contribution is -0.137. The zero-order chi connectivity index (χ0) is 26.9. The Morgan fingerprint density at radius 3 is 2.32 bits per heavy atom. The number of amides is 1. The van der Waals surface area contributed by atoms with Gasteiger partial charge in [-0.05, 0) is 67.1 Å². The number of carbonyl (C=O) groups excluding carboxylic acids is 1. The maximum atomic E-state index is 14.0. The van der Waals surface area contributed by atoms with Gasteiger partial charge in [0.25, 0.3) is 0 Å².